The Morgan fingerprint density at radius 2 is 1.86 bits per heavy atom. The molecule has 9 heteroatoms. The molecule has 1 aliphatic carbocycles. The third kappa shape index (κ3) is 4.78. The number of ether oxygens (including phenoxy) is 3. The highest BCUT2D eigenvalue weighted by Gasteiger charge is 2.69. The van der Waals surface area contributed by atoms with Gasteiger partial charge in [0.05, 0.1) is 6.42 Å². The molecule has 2 bridgehead atoms. The van der Waals surface area contributed by atoms with Crippen LogP contribution in [0.5, 0.6) is 0 Å². The minimum absolute atomic E-state index is 0.0191. The van der Waals surface area contributed by atoms with Crippen molar-refractivity contribution in [3.8, 4) is 0 Å². The third-order valence-electron chi connectivity index (χ3n) is 8.55. The van der Waals surface area contributed by atoms with Gasteiger partial charge in [-0.3, -0.25) is 9.59 Å². The summed E-state index contributed by atoms with van der Waals surface area (Å²) in [6, 6.07) is 6.15. The van der Waals surface area contributed by atoms with Crippen LogP contribution in [0.25, 0.3) is 0 Å². The van der Waals surface area contributed by atoms with Crippen molar-refractivity contribution in [3.05, 3.63) is 35.6 Å². The van der Waals surface area contributed by atoms with E-state index in [1.165, 1.54) is 12.1 Å². The summed E-state index contributed by atoms with van der Waals surface area (Å²) in [5.41, 5.74) is 0.217. The van der Waals surface area contributed by atoms with Gasteiger partial charge in [0.1, 0.15) is 5.82 Å². The summed E-state index contributed by atoms with van der Waals surface area (Å²) in [6.07, 6.45) is 2.71. The first-order chi connectivity index (χ1) is 17.2. The Balaban J connectivity index is 1.15. The molecular weight excluding hydrogens is 469 g/mol. The summed E-state index contributed by atoms with van der Waals surface area (Å²) in [7, 11) is 0. The Labute approximate surface area is 211 Å². The van der Waals surface area contributed by atoms with Crippen molar-refractivity contribution in [2.24, 2.45) is 23.7 Å². The van der Waals surface area contributed by atoms with Crippen molar-refractivity contribution in [2.45, 2.75) is 89.7 Å². The second-order valence-corrected chi connectivity index (χ2v) is 11.0. The Morgan fingerprint density at radius 1 is 1.08 bits per heavy atom. The summed E-state index contributed by atoms with van der Waals surface area (Å²) < 4.78 is 31.3. The molecule has 1 aromatic rings. The quantitative estimate of drug-likeness (QED) is 0.442. The molecule has 8 nitrogen and oxygen atoms in total. The summed E-state index contributed by atoms with van der Waals surface area (Å²) in [4.78, 5) is 36.8. The molecule has 36 heavy (non-hydrogen) atoms. The Bertz CT molecular complexity index is 973. The van der Waals surface area contributed by atoms with Gasteiger partial charge in [0, 0.05) is 31.2 Å². The molecule has 1 spiro atoms. The molecule has 0 radical (unpaired) electrons. The highest BCUT2D eigenvalue weighted by Crippen LogP contribution is 2.60. The van der Waals surface area contributed by atoms with E-state index < -0.39 is 29.9 Å². The van der Waals surface area contributed by atoms with Crippen LogP contribution in [0.15, 0.2) is 24.3 Å². The van der Waals surface area contributed by atoms with Crippen LogP contribution in [0.1, 0.15) is 64.9 Å². The fraction of sp³-hybridized carbons (Fsp3) is 0.704. The molecule has 5 fully saturated rings. The Hall–Kier alpha value is -2.07. The molecule has 4 heterocycles. The van der Waals surface area contributed by atoms with E-state index in [1.54, 1.807) is 12.1 Å². The SMILES string of the molecule is CC1CCC2C(C)C(OC(=O)CCC(=O)NCCc3ccc(F)cc3)OC3OC4(C)CCC1C32OO4. The van der Waals surface area contributed by atoms with Crippen LogP contribution < -0.4 is 5.32 Å². The van der Waals surface area contributed by atoms with Gasteiger partial charge in [-0.05, 0) is 62.1 Å². The molecule has 198 valence electrons. The molecule has 5 aliphatic rings. The number of halogens is 1. The average molecular weight is 506 g/mol. The predicted molar refractivity (Wildman–Crippen MR) is 125 cm³/mol. The Kier molecular flexibility index (Phi) is 7.11. The number of rotatable bonds is 7. The minimum Gasteiger partial charge on any atom is -0.435 e. The molecule has 1 amide bonds. The molecule has 4 aliphatic heterocycles. The van der Waals surface area contributed by atoms with E-state index in [-0.39, 0.29) is 42.3 Å². The lowest BCUT2D eigenvalue weighted by molar-refractivity contribution is -0.576. The van der Waals surface area contributed by atoms with Gasteiger partial charge in [-0.15, -0.1) is 0 Å². The fourth-order valence-corrected chi connectivity index (χ4v) is 6.50. The van der Waals surface area contributed by atoms with Gasteiger partial charge < -0.3 is 19.5 Å². The highest BCUT2D eigenvalue weighted by molar-refractivity contribution is 5.81. The molecule has 1 saturated carbocycles. The maximum Gasteiger partial charge on any atom is 0.308 e. The Morgan fingerprint density at radius 3 is 2.64 bits per heavy atom. The zero-order valence-electron chi connectivity index (χ0n) is 21.2. The van der Waals surface area contributed by atoms with Gasteiger partial charge in [0.15, 0.2) is 11.9 Å². The minimum atomic E-state index is -0.890. The lowest BCUT2D eigenvalue weighted by Gasteiger charge is -2.59. The highest BCUT2D eigenvalue weighted by atomic mass is 19.1. The molecule has 6 rings (SSSR count). The second-order valence-electron chi connectivity index (χ2n) is 11.0. The molecule has 8 atom stereocenters. The number of benzene rings is 1. The van der Waals surface area contributed by atoms with Crippen molar-refractivity contribution in [1.82, 2.24) is 5.32 Å². The number of hydrogen-bond donors (Lipinski definition) is 1. The number of esters is 1. The number of hydrogen-bond acceptors (Lipinski definition) is 7. The van der Waals surface area contributed by atoms with Crippen LogP contribution in [0.4, 0.5) is 4.39 Å². The van der Waals surface area contributed by atoms with Crippen molar-refractivity contribution < 1.29 is 38.0 Å². The number of amides is 1. The number of carbonyl (C=O) groups excluding carboxylic acids is 2. The third-order valence-corrected chi connectivity index (χ3v) is 8.55. The van der Waals surface area contributed by atoms with E-state index in [0.717, 1.165) is 24.8 Å². The van der Waals surface area contributed by atoms with Gasteiger partial charge >= 0.3 is 5.97 Å². The van der Waals surface area contributed by atoms with E-state index in [4.69, 9.17) is 24.0 Å². The number of carbonyl (C=O) groups is 2. The van der Waals surface area contributed by atoms with Crippen LogP contribution in [0, 0.1) is 29.5 Å². The molecule has 1 aromatic carbocycles. The molecule has 4 saturated heterocycles. The molecule has 1 N–H and O–H groups in total. The van der Waals surface area contributed by atoms with E-state index >= 15 is 0 Å². The van der Waals surface area contributed by atoms with E-state index in [0.29, 0.717) is 25.3 Å². The van der Waals surface area contributed by atoms with Crippen LogP contribution in [0.2, 0.25) is 0 Å². The first-order valence-electron chi connectivity index (χ1n) is 13.1. The lowest BCUT2D eigenvalue weighted by Crippen LogP contribution is -2.70. The van der Waals surface area contributed by atoms with E-state index in [9.17, 15) is 14.0 Å². The summed E-state index contributed by atoms with van der Waals surface area (Å²) >= 11 is 0. The lowest BCUT2D eigenvalue weighted by atomic mass is 9.58. The van der Waals surface area contributed by atoms with Crippen molar-refractivity contribution >= 4 is 11.9 Å². The van der Waals surface area contributed by atoms with Crippen LogP contribution in [-0.4, -0.2) is 42.4 Å². The van der Waals surface area contributed by atoms with Crippen LogP contribution in [0.3, 0.4) is 0 Å². The summed E-state index contributed by atoms with van der Waals surface area (Å²) in [5, 5.41) is 2.79. The number of fused-ring (bicyclic) bond motifs is 2. The number of nitrogens with one attached hydrogen (secondary N) is 1. The second kappa shape index (κ2) is 10.0. The van der Waals surface area contributed by atoms with Gasteiger partial charge in [0.25, 0.3) is 0 Å². The topological polar surface area (TPSA) is 92.3 Å². The van der Waals surface area contributed by atoms with Gasteiger partial charge in [-0.25, -0.2) is 14.2 Å². The van der Waals surface area contributed by atoms with Crippen molar-refractivity contribution in [1.29, 1.82) is 0 Å². The van der Waals surface area contributed by atoms with E-state index in [1.807, 2.05) is 13.8 Å². The zero-order chi connectivity index (χ0) is 25.5. The summed E-state index contributed by atoms with van der Waals surface area (Å²) in [6.45, 7) is 6.53. The van der Waals surface area contributed by atoms with Crippen molar-refractivity contribution in [2.75, 3.05) is 6.54 Å². The maximum atomic E-state index is 13.0. The average Bonchev–Trinajstić information content (AvgIpc) is 3.08. The normalized spacial score (nSPS) is 39.1. The monoisotopic (exact) mass is 505 g/mol. The summed E-state index contributed by atoms with van der Waals surface area (Å²) in [5.74, 6) is -1.27. The maximum absolute atomic E-state index is 13.0. The van der Waals surface area contributed by atoms with Crippen LogP contribution in [-0.2, 0) is 40.0 Å². The van der Waals surface area contributed by atoms with Crippen molar-refractivity contribution in [3.63, 3.8) is 0 Å². The largest absolute Gasteiger partial charge is 0.435 e. The smallest absolute Gasteiger partial charge is 0.308 e. The molecule has 8 unspecified atom stereocenters. The van der Waals surface area contributed by atoms with E-state index in [2.05, 4.69) is 12.2 Å². The van der Waals surface area contributed by atoms with Gasteiger partial charge in [0.2, 0.25) is 18.0 Å². The fourth-order valence-electron chi connectivity index (χ4n) is 6.50. The zero-order valence-corrected chi connectivity index (χ0v) is 21.2. The molecular formula is C27H36FNO7. The standard InChI is InChI=1S/C27H36FNO7/c1-16-4-9-21-17(2)24(33-25-27(21)20(16)12-14-26(3,34-25)35-36-27)32-23(31)11-10-22(30)29-15-13-18-5-7-19(28)8-6-18/h5-8,16-17,20-21,24-25H,4,9-15H2,1-3H3,(H,29,30). The first kappa shape index (κ1) is 25.6. The van der Waals surface area contributed by atoms with Crippen LogP contribution >= 0.6 is 0 Å². The van der Waals surface area contributed by atoms with Gasteiger partial charge in [-0.2, -0.15) is 0 Å². The first-order valence-corrected chi connectivity index (χ1v) is 13.1. The van der Waals surface area contributed by atoms with Gasteiger partial charge in [-0.1, -0.05) is 26.0 Å². The predicted octanol–water partition coefficient (Wildman–Crippen LogP) is 4.02. The molecule has 0 aromatic heterocycles.